The van der Waals surface area contributed by atoms with Gasteiger partial charge in [0, 0.05) is 44.7 Å². The molecule has 0 radical (unpaired) electrons. The van der Waals surface area contributed by atoms with Crippen molar-refractivity contribution < 1.29 is 19.1 Å². The molecule has 0 bridgehead atoms. The summed E-state index contributed by atoms with van der Waals surface area (Å²) in [5.74, 6) is 0.0847. The molecule has 3 aliphatic heterocycles. The van der Waals surface area contributed by atoms with Gasteiger partial charge in [0.05, 0.1) is 24.1 Å². The standard InChI is InChI=1S/C19H26N4O4S/c24-17(22-5-7-27-8-6-22)4-3-14-11-20-18(25)15-10-13(12-23(14)15)21-19(26)16-2-1-9-28-16/h1-2,9,13-15H,3-8,10-12H2,(H,20,25)(H,21,26)/t13-,14-,15+/m1/s1. The van der Waals surface area contributed by atoms with Gasteiger partial charge in [0.2, 0.25) is 11.8 Å². The van der Waals surface area contributed by atoms with E-state index in [0.717, 1.165) is 0 Å². The summed E-state index contributed by atoms with van der Waals surface area (Å²) >= 11 is 1.41. The van der Waals surface area contributed by atoms with Gasteiger partial charge >= 0.3 is 0 Å². The van der Waals surface area contributed by atoms with E-state index in [-0.39, 0.29) is 35.8 Å². The maximum atomic E-state index is 12.4. The van der Waals surface area contributed by atoms with Gasteiger partial charge in [-0.2, -0.15) is 0 Å². The van der Waals surface area contributed by atoms with Gasteiger partial charge in [-0.25, -0.2) is 0 Å². The molecule has 0 spiro atoms. The van der Waals surface area contributed by atoms with Crippen molar-refractivity contribution >= 4 is 29.1 Å². The predicted octanol–water partition coefficient (Wildman–Crippen LogP) is 0.0582. The fourth-order valence-electron chi connectivity index (χ4n) is 4.27. The number of nitrogens with zero attached hydrogens (tertiary/aromatic N) is 2. The van der Waals surface area contributed by atoms with Crippen molar-refractivity contribution in [2.75, 3.05) is 39.4 Å². The van der Waals surface area contributed by atoms with Crippen LogP contribution in [-0.2, 0) is 14.3 Å². The number of carbonyl (C=O) groups excluding carboxylic acids is 3. The average molecular weight is 407 g/mol. The summed E-state index contributed by atoms with van der Waals surface area (Å²) in [7, 11) is 0. The summed E-state index contributed by atoms with van der Waals surface area (Å²) in [6.07, 6.45) is 1.78. The third kappa shape index (κ3) is 4.21. The van der Waals surface area contributed by atoms with E-state index in [4.69, 9.17) is 4.74 Å². The lowest BCUT2D eigenvalue weighted by Gasteiger charge is -2.37. The van der Waals surface area contributed by atoms with Crippen LogP contribution in [0.5, 0.6) is 0 Å². The van der Waals surface area contributed by atoms with Gasteiger partial charge in [-0.1, -0.05) is 6.07 Å². The number of hydrogen-bond acceptors (Lipinski definition) is 6. The zero-order valence-electron chi connectivity index (χ0n) is 15.8. The fourth-order valence-corrected chi connectivity index (χ4v) is 4.90. The minimum Gasteiger partial charge on any atom is -0.378 e. The second-order valence-corrected chi connectivity index (χ2v) is 8.47. The van der Waals surface area contributed by atoms with Gasteiger partial charge < -0.3 is 20.3 Å². The van der Waals surface area contributed by atoms with Crippen LogP contribution in [0.3, 0.4) is 0 Å². The number of hydrogen-bond donors (Lipinski definition) is 2. The molecule has 0 unspecified atom stereocenters. The molecule has 4 heterocycles. The molecular weight excluding hydrogens is 380 g/mol. The highest BCUT2D eigenvalue weighted by Crippen LogP contribution is 2.26. The Morgan fingerprint density at radius 3 is 2.89 bits per heavy atom. The van der Waals surface area contributed by atoms with E-state index in [1.165, 1.54) is 11.3 Å². The molecule has 1 aromatic rings. The van der Waals surface area contributed by atoms with Crippen molar-refractivity contribution in [3.8, 4) is 0 Å². The van der Waals surface area contributed by atoms with E-state index >= 15 is 0 Å². The first-order valence-corrected chi connectivity index (χ1v) is 10.7. The van der Waals surface area contributed by atoms with Crippen molar-refractivity contribution in [2.24, 2.45) is 0 Å². The van der Waals surface area contributed by atoms with Crippen LogP contribution in [0, 0.1) is 0 Å². The van der Waals surface area contributed by atoms with Crippen LogP contribution < -0.4 is 10.6 Å². The summed E-state index contributed by atoms with van der Waals surface area (Å²) in [6, 6.07) is 3.49. The summed E-state index contributed by atoms with van der Waals surface area (Å²) in [6.45, 7) is 3.71. The van der Waals surface area contributed by atoms with E-state index in [2.05, 4.69) is 15.5 Å². The molecule has 28 heavy (non-hydrogen) atoms. The van der Waals surface area contributed by atoms with Gasteiger partial charge in [-0.05, 0) is 24.3 Å². The predicted molar refractivity (Wildman–Crippen MR) is 104 cm³/mol. The quantitative estimate of drug-likeness (QED) is 0.722. The molecule has 3 saturated heterocycles. The number of fused-ring (bicyclic) bond motifs is 1. The molecule has 3 aliphatic rings. The number of rotatable bonds is 5. The Morgan fingerprint density at radius 1 is 1.32 bits per heavy atom. The Hall–Kier alpha value is -1.97. The van der Waals surface area contributed by atoms with E-state index in [1.54, 1.807) is 6.07 Å². The fraction of sp³-hybridized carbons (Fsp3) is 0.632. The zero-order valence-corrected chi connectivity index (χ0v) is 16.6. The third-order valence-corrected chi connectivity index (χ3v) is 6.63. The molecule has 3 atom stereocenters. The van der Waals surface area contributed by atoms with Gasteiger partial charge in [0.15, 0.2) is 0 Å². The van der Waals surface area contributed by atoms with Crippen molar-refractivity contribution in [1.82, 2.24) is 20.4 Å². The normalized spacial score (nSPS) is 27.9. The van der Waals surface area contributed by atoms with Gasteiger partial charge in [0.25, 0.3) is 5.91 Å². The van der Waals surface area contributed by atoms with Crippen molar-refractivity contribution in [3.63, 3.8) is 0 Å². The Labute approximate surface area is 168 Å². The summed E-state index contributed by atoms with van der Waals surface area (Å²) in [4.78, 5) is 41.8. The highest BCUT2D eigenvalue weighted by atomic mass is 32.1. The molecule has 9 heteroatoms. The molecule has 3 amide bonds. The largest absolute Gasteiger partial charge is 0.378 e. The molecule has 152 valence electrons. The lowest BCUT2D eigenvalue weighted by atomic mass is 10.0. The van der Waals surface area contributed by atoms with Crippen molar-refractivity contribution in [3.05, 3.63) is 22.4 Å². The number of ether oxygens (including phenoxy) is 1. The van der Waals surface area contributed by atoms with Crippen LogP contribution in [-0.4, -0.2) is 85.0 Å². The Balaban J connectivity index is 1.33. The monoisotopic (exact) mass is 406 g/mol. The van der Waals surface area contributed by atoms with Crippen molar-refractivity contribution in [1.29, 1.82) is 0 Å². The van der Waals surface area contributed by atoms with Crippen LogP contribution >= 0.6 is 11.3 Å². The van der Waals surface area contributed by atoms with Crippen molar-refractivity contribution in [2.45, 2.75) is 37.4 Å². The van der Waals surface area contributed by atoms with E-state index in [1.807, 2.05) is 16.3 Å². The number of carbonyl (C=O) groups is 3. The summed E-state index contributed by atoms with van der Waals surface area (Å²) in [5, 5.41) is 7.90. The van der Waals surface area contributed by atoms with Gasteiger partial charge in [-0.15, -0.1) is 11.3 Å². The van der Waals surface area contributed by atoms with E-state index in [9.17, 15) is 14.4 Å². The Morgan fingerprint density at radius 2 is 2.14 bits per heavy atom. The first kappa shape index (κ1) is 19.4. The zero-order chi connectivity index (χ0) is 19.5. The van der Waals surface area contributed by atoms with Gasteiger partial charge in [-0.3, -0.25) is 19.3 Å². The van der Waals surface area contributed by atoms with Crippen LogP contribution in [0.4, 0.5) is 0 Å². The van der Waals surface area contributed by atoms with Crippen LogP contribution in [0.2, 0.25) is 0 Å². The maximum Gasteiger partial charge on any atom is 0.261 e. The molecule has 8 nitrogen and oxygen atoms in total. The first-order chi connectivity index (χ1) is 13.6. The number of amides is 3. The summed E-state index contributed by atoms with van der Waals surface area (Å²) in [5.41, 5.74) is 0. The smallest absolute Gasteiger partial charge is 0.261 e. The van der Waals surface area contributed by atoms with E-state index < -0.39 is 0 Å². The minimum absolute atomic E-state index is 0.0172. The SMILES string of the molecule is O=C(N[C@@H]1C[C@H]2C(=O)NC[C@@H](CCC(=O)N3CCOCC3)N2C1)c1cccs1. The molecule has 4 rings (SSSR count). The molecule has 0 aliphatic carbocycles. The number of thiophene rings is 1. The van der Waals surface area contributed by atoms with Crippen LogP contribution in [0.25, 0.3) is 0 Å². The average Bonchev–Trinajstić information content (AvgIpc) is 3.38. The number of morpholine rings is 1. The number of piperazine rings is 1. The van der Waals surface area contributed by atoms with Gasteiger partial charge in [0.1, 0.15) is 0 Å². The van der Waals surface area contributed by atoms with Crippen LogP contribution in [0.1, 0.15) is 28.9 Å². The minimum atomic E-state index is -0.231. The Kier molecular flexibility index (Phi) is 5.93. The molecule has 3 fully saturated rings. The highest BCUT2D eigenvalue weighted by Gasteiger charge is 2.43. The molecule has 0 aromatic carbocycles. The van der Waals surface area contributed by atoms with Crippen LogP contribution in [0.15, 0.2) is 17.5 Å². The van der Waals surface area contributed by atoms with E-state index in [0.29, 0.717) is 63.5 Å². The first-order valence-electron chi connectivity index (χ1n) is 9.85. The molecule has 1 aromatic heterocycles. The lowest BCUT2D eigenvalue weighted by Crippen LogP contribution is -2.58. The third-order valence-electron chi connectivity index (χ3n) is 5.76. The molecule has 0 saturated carbocycles. The summed E-state index contributed by atoms with van der Waals surface area (Å²) < 4.78 is 5.30. The topological polar surface area (TPSA) is 91.0 Å². The number of nitrogens with one attached hydrogen (secondary N) is 2. The lowest BCUT2D eigenvalue weighted by molar-refractivity contribution is -0.136. The molecule has 2 N–H and O–H groups in total. The highest BCUT2D eigenvalue weighted by molar-refractivity contribution is 7.12. The second kappa shape index (κ2) is 8.59. The maximum absolute atomic E-state index is 12.4. The molecular formula is C19H26N4O4S. The second-order valence-electron chi connectivity index (χ2n) is 7.53. The Bertz CT molecular complexity index is 720.